The van der Waals surface area contributed by atoms with Gasteiger partial charge < -0.3 is 10.3 Å². The topological polar surface area (TPSA) is 56.7 Å². The monoisotopic (exact) mass is 202 g/mol. The number of rotatable bonds is 2. The summed E-state index contributed by atoms with van der Waals surface area (Å²) in [5, 5.41) is 0. The van der Waals surface area contributed by atoms with E-state index in [1.165, 1.54) is 0 Å². The molecule has 2 heterocycles. The smallest absolute Gasteiger partial charge is 0.0997 e. The van der Waals surface area contributed by atoms with E-state index < -0.39 is 0 Å². The van der Waals surface area contributed by atoms with Crippen LogP contribution in [-0.4, -0.2) is 14.5 Å². The molecular formula is C11H14N4. The van der Waals surface area contributed by atoms with E-state index in [0.717, 1.165) is 22.6 Å². The van der Waals surface area contributed by atoms with Gasteiger partial charge in [-0.15, -0.1) is 0 Å². The molecule has 4 heteroatoms. The Hall–Kier alpha value is -1.68. The summed E-state index contributed by atoms with van der Waals surface area (Å²) in [7, 11) is 0. The summed E-state index contributed by atoms with van der Waals surface area (Å²) >= 11 is 0. The third-order valence-corrected chi connectivity index (χ3v) is 2.55. The average Bonchev–Trinajstić information content (AvgIpc) is 2.60. The Labute approximate surface area is 88.8 Å². The lowest BCUT2D eigenvalue weighted by atomic mass is 10.2. The highest BCUT2D eigenvalue weighted by Crippen LogP contribution is 2.13. The lowest BCUT2D eigenvalue weighted by Crippen LogP contribution is -2.01. The van der Waals surface area contributed by atoms with Crippen molar-refractivity contribution in [2.24, 2.45) is 5.73 Å². The Morgan fingerprint density at radius 1 is 1.33 bits per heavy atom. The predicted molar refractivity (Wildman–Crippen MR) is 58.7 cm³/mol. The Balaban J connectivity index is 2.49. The van der Waals surface area contributed by atoms with E-state index in [0.29, 0.717) is 6.54 Å². The van der Waals surface area contributed by atoms with Crippen molar-refractivity contribution in [3.63, 3.8) is 0 Å². The highest BCUT2D eigenvalue weighted by atomic mass is 15.1. The van der Waals surface area contributed by atoms with Crippen LogP contribution in [0.25, 0.3) is 5.69 Å². The molecule has 0 spiro atoms. The largest absolute Gasteiger partial charge is 0.326 e. The van der Waals surface area contributed by atoms with E-state index in [-0.39, 0.29) is 0 Å². The Bertz CT molecular complexity index is 473. The van der Waals surface area contributed by atoms with Crippen molar-refractivity contribution in [2.45, 2.75) is 20.4 Å². The molecule has 2 rings (SSSR count). The maximum atomic E-state index is 5.58. The predicted octanol–water partition coefficient (Wildman–Crippen LogP) is 1.34. The molecule has 0 bridgehead atoms. The van der Waals surface area contributed by atoms with Gasteiger partial charge in [-0.2, -0.15) is 0 Å². The molecule has 0 fully saturated rings. The Morgan fingerprint density at radius 3 is 2.73 bits per heavy atom. The van der Waals surface area contributed by atoms with Crippen LogP contribution in [0.2, 0.25) is 0 Å². The van der Waals surface area contributed by atoms with E-state index >= 15 is 0 Å². The Morgan fingerprint density at radius 2 is 2.13 bits per heavy atom. The van der Waals surface area contributed by atoms with Gasteiger partial charge in [0.05, 0.1) is 23.9 Å². The van der Waals surface area contributed by atoms with E-state index in [4.69, 9.17) is 5.73 Å². The van der Waals surface area contributed by atoms with Gasteiger partial charge in [0.25, 0.3) is 0 Å². The van der Waals surface area contributed by atoms with Crippen molar-refractivity contribution in [3.05, 3.63) is 41.7 Å². The first-order valence-corrected chi connectivity index (χ1v) is 4.87. The lowest BCUT2D eigenvalue weighted by molar-refractivity contribution is 0.965. The van der Waals surface area contributed by atoms with Crippen molar-refractivity contribution in [3.8, 4) is 5.69 Å². The maximum absolute atomic E-state index is 5.58. The first-order valence-electron chi connectivity index (χ1n) is 4.87. The molecule has 0 aromatic carbocycles. The number of aryl methyl sites for hydroxylation is 1. The van der Waals surface area contributed by atoms with Crippen LogP contribution >= 0.6 is 0 Å². The highest BCUT2D eigenvalue weighted by Gasteiger charge is 2.04. The third kappa shape index (κ3) is 1.76. The van der Waals surface area contributed by atoms with E-state index in [1.807, 2.05) is 37.0 Å². The summed E-state index contributed by atoms with van der Waals surface area (Å²) in [6.07, 6.45) is 5.40. The molecule has 0 saturated carbocycles. The zero-order valence-corrected chi connectivity index (χ0v) is 8.94. The number of hydrogen-bond acceptors (Lipinski definition) is 3. The summed E-state index contributed by atoms with van der Waals surface area (Å²) in [6.45, 7) is 4.54. The van der Waals surface area contributed by atoms with Crippen LogP contribution < -0.4 is 5.73 Å². The van der Waals surface area contributed by atoms with Gasteiger partial charge in [-0.25, -0.2) is 4.98 Å². The van der Waals surface area contributed by atoms with Gasteiger partial charge in [0.1, 0.15) is 0 Å². The second-order valence-corrected chi connectivity index (χ2v) is 3.54. The molecule has 78 valence electrons. The Kier molecular flexibility index (Phi) is 2.51. The first-order chi connectivity index (χ1) is 7.22. The number of imidazole rings is 1. The maximum Gasteiger partial charge on any atom is 0.0997 e. The molecule has 0 amide bonds. The van der Waals surface area contributed by atoms with Gasteiger partial charge in [-0.05, 0) is 25.5 Å². The van der Waals surface area contributed by atoms with Crippen molar-refractivity contribution < 1.29 is 0 Å². The zero-order valence-electron chi connectivity index (χ0n) is 8.94. The number of pyridine rings is 1. The molecule has 2 N–H and O–H groups in total. The second-order valence-electron chi connectivity index (χ2n) is 3.54. The second kappa shape index (κ2) is 3.82. The van der Waals surface area contributed by atoms with Gasteiger partial charge in [0.15, 0.2) is 0 Å². The molecular weight excluding hydrogens is 188 g/mol. The van der Waals surface area contributed by atoms with Gasteiger partial charge in [-0.3, -0.25) is 4.98 Å². The number of aromatic nitrogens is 3. The van der Waals surface area contributed by atoms with Gasteiger partial charge in [0, 0.05) is 18.4 Å². The standard InChI is InChI=1S/C11H14N4/c1-8-9(2)15(7-14-8)11-3-10(4-12)5-13-6-11/h3,5-7H,4,12H2,1-2H3. The summed E-state index contributed by atoms with van der Waals surface area (Å²) in [6, 6.07) is 2.03. The zero-order chi connectivity index (χ0) is 10.8. The first kappa shape index (κ1) is 9.86. The normalized spacial score (nSPS) is 10.6. The minimum absolute atomic E-state index is 0.508. The summed E-state index contributed by atoms with van der Waals surface area (Å²) < 4.78 is 2.02. The third-order valence-electron chi connectivity index (χ3n) is 2.55. The fourth-order valence-corrected chi connectivity index (χ4v) is 1.48. The molecule has 0 atom stereocenters. The van der Waals surface area contributed by atoms with Crippen LogP contribution in [0.4, 0.5) is 0 Å². The van der Waals surface area contributed by atoms with Gasteiger partial charge in [-0.1, -0.05) is 0 Å². The lowest BCUT2D eigenvalue weighted by Gasteiger charge is -2.06. The fraction of sp³-hybridized carbons (Fsp3) is 0.273. The molecule has 2 aromatic heterocycles. The molecule has 0 aliphatic carbocycles. The summed E-state index contributed by atoms with van der Waals surface area (Å²) in [5.41, 5.74) is 9.78. The summed E-state index contributed by atoms with van der Waals surface area (Å²) in [5.74, 6) is 0. The van der Waals surface area contributed by atoms with Crippen LogP contribution in [0.1, 0.15) is 17.0 Å². The van der Waals surface area contributed by atoms with E-state index in [1.54, 1.807) is 6.20 Å². The van der Waals surface area contributed by atoms with Crippen molar-refractivity contribution >= 4 is 0 Å². The quantitative estimate of drug-likeness (QED) is 0.799. The van der Waals surface area contributed by atoms with Crippen LogP contribution in [0.3, 0.4) is 0 Å². The molecule has 15 heavy (non-hydrogen) atoms. The summed E-state index contributed by atoms with van der Waals surface area (Å²) in [4.78, 5) is 8.41. The van der Waals surface area contributed by atoms with E-state index in [9.17, 15) is 0 Å². The van der Waals surface area contributed by atoms with Crippen LogP contribution in [0.5, 0.6) is 0 Å². The average molecular weight is 202 g/mol. The molecule has 0 saturated heterocycles. The number of nitrogens with two attached hydrogens (primary N) is 1. The molecule has 2 aromatic rings. The SMILES string of the molecule is Cc1ncn(-c2cncc(CN)c2)c1C. The van der Waals surface area contributed by atoms with Crippen LogP contribution in [0.15, 0.2) is 24.8 Å². The number of hydrogen-bond donors (Lipinski definition) is 1. The molecule has 0 aliphatic heterocycles. The van der Waals surface area contributed by atoms with Crippen molar-refractivity contribution in [2.75, 3.05) is 0 Å². The molecule has 0 unspecified atom stereocenters. The number of nitrogens with zero attached hydrogens (tertiary/aromatic N) is 3. The molecule has 0 aliphatic rings. The van der Waals surface area contributed by atoms with E-state index in [2.05, 4.69) is 9.97 Å². The minimum atomic E-state index is 0.508. The molecule has 4 nitrogen and oxygen atoms in total. The fourth-order valence-electron chi connectivity index (χ4n) is 1.48. The van der Waals surface area contributed by atoms with Gasteiger partial charge >= 0.3 is 0 Å². The van der Waals surface area contributed by atoms with Crippen molar-refractivity contribution in [1.29, 1.82) is 0 Å². The molecule has 0 radical (unpaired) electrons. The van der Waals surface area contributed by atoms with Crippen LogP contribution in [0, 0.1) is 13.8 Å². The van der Waals surface area contributed by atoms with Crippen molar-refractivity contribution in [1.82, 2.24) is 14.5 Å². The minimum Gasteiger partial charge on any atom is -0.326 e. The highest BCUT2D eigenvalue weighted by molar-refractivity contribution is 5.35. The van der Waals surface area contributed by atoms with Gasteiger partial charge in [0.2, 0.25) is 0 Å². The van der Waals surface area contributed by atoms with Crippen LogP contribution in [-0.2, 0) is 6.54 Å².